The molecule has 4 nitrogen and oxygen atoms in total. The Morgan fingerprint density at radius 1 is 0.483 bits per heavy atom. The Morgan fingerprint density at radius 3 is 1.72 bits per heavy atom. The third-order valence-electron chi connectivity index (χ3n) is 11.7. The van der Waals surface area contributed by atoms with Crippen molar-refractivity contribution >= 4 is 23.4 Å². The predicted molar refractivity (Wildman–Crippen MR) is 235 cm³/mol. The fraction of sp³-hybridized carbons (Fsp3) is 0.0377. The number of rotatable bonds is 5. The van der Waals surface area contributed by atoms with Crippen molar-refractivity contribution in [2.75, 3.05) is 0 Å². The van der Waals surface area contributed by atoms with Gasteiger partial charge in [0.1, 0.15) is 12.0 Å². The van der Waals surface area contributed by atoms with Crippen LogP contribution in [-0.2, 0) is 5.41 Å². The highest BCUT2D eigenvalue weighted by Gasteiger charge is 2.50. The van der Waals surface area contributed by atoms with Crippen LogP contribution in [0.25, 0.3) is 33.4 Å². The maximum absolute atomic E-state index is 9.41. The number of hydrogen-bond acceptors (Lipinski definition) is 5. The van der Waals surface area contributed by atoms with Crippen LogP contribution in [0.1, 0.15) is 50.7 Å². The lowest BCUT2D eigenvalue weighted by Gasteiger charge is -2.40. The van der Waals surface area contributed by atoms with E-state index in [4.69, 9.17) is 9.98 Å². The van der Waals surface area contributed by atoms with Gasteiger partial charge >= 0.3 is 0 Å². The minimum absolute atomic E-state index is 0.337. The van der Waals surface area contributed by atoms with Gasteiger partial charge in [0.2, 0.25) is 0 Å². The van der Waals surface area contributed by atoms with Crippen LogP contribution in [0.5, 0.6) is 0 Å². The Balaban J connectivity index is 1.18. The Bertz CT molecular complexity index is 2950. The van der Waals surface area contributed by atoms with Crippen LogP contribution in [0.2, 0.25) is 0 Å². The second-order valence-electron chi connectivity index (χ2n) is 14.8. The predicted octanol–water partition coefficient (Wildman–Crippen LogP) is 12.2. The maximum atomic E-state index is 9.41. The summed E-state index contributed by atoms with van der Waals surface area (Å²) >= 11 is 1.86. The van der Waals surface area contributed by atoms with E-state index in [2.05, 4.69) is 157 Å². The average Bonchev–Trinajstić information content (AvgIpc) is 3.58. The molecule has 0 bridgehead atoms. The van der Waals surface area contributed by atoms with Crippen molar-refractivity contribution in [2.24, 2.45) is 9.98 Å². The second-order valence-corrected chi connectivity index (χ2v) is 15.9. The van der Waals surface area contributed by atoms with Gasteiger partial charge in [-0.25, -0.2) is 9.98 Å². The van der Waals surface area contributed by atoms with Gasteiger partial charge in [-0.15, -0.1) is 0 Å². The first-order chi connectivity index (χ1) is 28.7. The van der Waals surface area contributed by atoms with E-state index in [1.807, 2.05) is 60.3 Å². The Morgan fingerprint density at radius 2 is 1.05 bits per heavy atom. The van der Waals surface area contributed by atoms with Gasteiger partial charge in [-0.05, 0) is 97.6 Å². The highest BCUT2D eigenvalue weighted by molar-refractivity contribution is 7.99. The largest absolute Gasteiger partial charge is 0.344 e. The van der Waals surface area contributed by atoms with Crippen molar-refractivity contribution in [3.05, 3.63) is 239 Å². The molecule has 272 valence electrons. The standard InChI is InChI=1S/C53H34N4S/c54-33-34-23-25-35(26-24-34)36-27-29-37(30-28-36)41-32-47-42(31-43(41)52-56-50(38-13-3-1-4-14-38)55-51(57-52)39-15-5-2-6-16-39)40-17-7-8-18-44(40)53(47)45-19-9-11-21-48(45)58-49-22-12-10-20-46(49)53/h1-32,50H,(H,55,56,57). The van der Waals surface area contributed by atoms with Gasteiger partial charge in [-0.1, -0.05) is 169 Å². The fourth-order valence-electron chi connectivity index (χ4n) is 9.02. The molecule has 0 saturated heterocycles. The van der Waals surface area contributed by atoms with Crippen molar-refractivity contribution < 1.29 is 0 Å². The summed E-state index contributed by atoms with van der Waals surface area (Å²) in [5, 5.41) is 13.2. The highest BCUT2D eigenvalue weighted by atomic mass is 32.2. The van der Waals surface area contributed by atoms with Gasteiger partial charge in [0.15, 0.2) is 5.84 Å². The molecule has 11 rings (SSSR count). The van der Waals surface area contributed by atoms with Crippen molar-refractivity contribution in [2.45, 2.75) is 21.4 Å². The highest BCUT2D eigenvalue weighted by Crippen LogP contribution is 2.62. The normalized spacial score (nSPS) is 15.5. The summed E-state index contributed by atoms with van der Waals surface area (Å²) in [5.41, 5.74) is 15.1. The molecule has 2 aliphatic heterocycles. The van der Waals surface area contributed by atoms with Crippen molar-refractivity contribution in [1.82, 2.24) is 5.32 Å². The van der Waals surface area contributed by atoms with E-state index in [-0.39, 0.29) is 6.17 Å². The van der Waals surface area contributed by atoms with Crippen LogP contribution in [0, 0.1) is 11.3 Å². The van der Waals surface area contributed by atoms with Gasteiger partial charge in [0, 0.05) is 20.9 Å². The van der Waals surface area contributed by atoms with Gasteiger partial charge in [0.05, 0.1) is 17.0 Å². The molecule has 0 saturated carbocycles. The van der Waals surface area contributed by atoms with Crippen LogP contribution in [0.3, 0.4) is 0 Å². The number of fused-ring (bicyclic) bond motifs is 9. The molecule has 5 heteroatoms. The number of nitriles is 1. The summed E-state index contributed by atoms with van der Waals surface area (Å²) < 4.78 is 0. The summed E-state index contributed by atoms with van der Waals surface area (Å²) in [6, 6.07) is 71.1. The molecule has 1 unspecified atom stereocenters. The van der Waals surface area contributed by atoms with Gasteiger partial charge in [-0.3, -0.25) is 0 Å². The van der Waals surface area contributed by atoms with Crippen LogP contribution in [0.15, 0.2) is 214 Å². The molecule has 58 heavy (non-hydrogen) atoms. The summed E-state index contributed by atoms with van der Waals surface area (Å²) in [4.78, 5) is 13.1. The fourth-order valence-corrected chi connectivity index (χ4v) is 10.2. The van der Waals surface area contributed by atoms with Crippen LogP contribution in [-0.4, -0.2) is 11.7 Å². The SMILES string of the molecule is N#Cc1ccc(-c2ccc(-c3cc4c(cc3C3=NC(c5ccccc5)=NC(c5ccccc5)N3)-c3ccccc3C43c4ccccc4Sc4ccccc43)cc2)cc1. The van der Waals surface area contributed by atoms with E-state index in [1.165, 1.54) is 43.2 Å². The summed E-state index contributed by atoms with van der Waals surface area (Å²) in [7, 11) is 0. The lowest BCUT2D eigenvalue weighted by atomic mass is 9.67. The van der Waals surface area contributed by atoms with Crippen LogP contribution >= 0.6 is 11.8 Å². The molecular weight excluding hydrogens is 725 g/mol. The lowest BCUT2D eigenvalue weighted by Crippen LogP contribution is -2.34. The average molecular weight is 759 g/mol. The number of nitrogens with one attached hydrogen (secondary N) is 1. The maximum Gasteiger partial charge on any atom is 0.159 e. The molecule has 8 aromatic carbocycles. The quantitative estimate of drug-likeness (QED) is 0.190. The third-order valence-corrected chi connectivity index (χ3v) is 12.8. The molecule has 1 N–H and O–H groups in total. The lowest BCUT2D eigenvalue weighted by molar-refractivity contribution is 0.674. The first-order valence-electron chi connectivity index (χ1n) is 19.5. The topological polar surface area (TPSA) is 60.5 Å². The number of nitrogens with zero attached hydrogens (tertiary/aromatic N) is 3. The Hall–Kier alpha value is -7.26. The van der Waals surface area contributed by atoms with E-state index in [0.29, 0.717) is 11.4 Å². The zero-order valence-corrected chi connectivity index (χ0v) is 32.1. The summed E-state index contributed by atoms with van der Waals surface area (Å²) in [6.07, 6.45) is -0.337. The van der Waals surface area contributed by atoms with Gasteiger partial charge in [-0.2, -0.15) is 5.26 Å². The monoisotopic (exact) mass is 758 g/mol. The Labute approximate surface area is 341 Å². The molecule has 8 aromatic rings. The summed E-state index contributed by atoms with van der Waals surface area (Å²) in [5.74, 6) is 1.46. The second kappa shape index (κ2) is 13.7. The van der Waals surface area contributed by atoms with E-state index < -0.39 is 5.41 Å². The number of aliphatic imine (C=N–C) groups is 2. The molecule has 0 fully saturated rings. The zero-order chi connectivity index (χ0) is 38.6. The zero-order valence-electron chi connectivity index (χ0n) is 31.3. The number of hydrogen-bond donors (Lipinski definition) is 1. The smallest absolute Gasteiger partial charge is 0.159 e. The Kier molecular flexibility index (Phi) is 8.06. The van der Waals surface area contributed by atoms with Gasteiger partial charge in [0.25, 0.3) is 0 Å². The molecular formula is C53H34N4S. The molecule has 0 radical (unpaired) electrons. The first kappa shape index (κ1) is 34.0. The minimum atomic E-state index is -0.523. The molecule has 1 atom stereocenters. The molecule has 2 heterocycles. The molecule has 1 spiro atoms. The summed E-state index contributed by atoms with van der Waals surface area (Å²) in [6.45, 7) is 0. The minimum Gasteiger partial charge on any atom is -0.344 e. The van der Waals surface area contributed by atoms with Crippen LogP contribution < -0.4 is 5.32 Å². The first-order valence-corrected chi connectivity index (χ1v) is 20.3. The van der Waals surface area contributed by atoms with Gasteiger partial charge < -0.3 is 5.32 Å². The molecule has 1 aliphatic carbocycles. The van der Waals surface area contributed by atoms with E-state index in [9.17, 15) is 5.26 Å². The van der Waals surface area contributed by atoms with Crippen molar-refractivity contribution in [1.29, 1.82) is 5.26 Å². The van der Waals surface area contributed by atoms with Crippen LogP contribution in [0.4, 0.5) is 0 Å². The van der Waals surface area contributed by atoms with E-state index in [1.54, 1.807) is 0 Å². The molecule has 0 amide bonds. The number of benzene rings is 8. The van der Waals surface area contributed by atoms with Crippen molar-refractivity contribution in [3.63, 3.8) is 0 Å². The molecule has 3 aliphatic rings. The van der Waals surface area contributed by atoms with Crippen molar-refractivity contribution in [3.8, 4) is 39.4 Å². The third kappa shape index (κ3) is 5.38. The van der Waals surface area contributed by atoms with E-state index >= 15 is 0 Å². The van der Waals surface area contributed by atoms with E-state index in [0.717, 1.165) is 44.8 Å². The number of amidine groups is 2. The molecule has 0 aromatic heterocycles.